The third-order valence-corrected chi connectivity index (χ3v) is 7.60. The molecule has 1 aromatic carbocycles. The highest BCUT2D eigenvalue weighted by molar-refractivity contribution is 7.17. The molecule has 1 fully saturated rings. The number of thiophene rings is 1. The van der Waals surface area contributed by atoms with Gasteiger partial charge in [0.15, 0.2) is 0 Å². The van der Waals surface area contributed by atoms with Crippen LogP contribution in [0.3, 0.4) is 0 Å². The van der Waals surface area contributed by atoms with Gasteiger partial charge in [0, 0.05) is 29.0 Å². The topological polar surface area (TPSA) is 80.6 Å². The molecular formula is C25H28N2O4S. The summed E-state index contributed by atoms with van der Waals surface area (Å²) in [6.07, 6.45) is 7.81. The van der Waals surface area contributed by atoms with Gasteiger partial charge in [-0.25, -0.2) is 0 Å². The van der Waals surface area contributed by atoms with Crippen molar-refractivity contribution >= 4 is 39.1 Å². The highest BCUT2D eigenvalue weighted by atomic mass is 32.1. The molecule has 6 nitrogen and oxygen atoms in total. The summed E-state index contributed by atoms with van der Waals surface area (Å²) in [6.45, 7) is 3.38. The lowest BCUT2D eigenvalue weighted by Crippen LogP contribution is -2.32. The number of ether oxygens (including phenoxy) is 1. The van der Waals surface area contributed by atoms with Crippen LogP contribution in [0.5, 0.6) is 0 Å². The fraction of sp³-hybridized carbons (Fsp3) is 0.440. The van der Waals surface area contributed by atoms with E-state index < -0.39 is 0 Å². The van der Waals surface area contributed by atoms with Crippen LogP contribution in [0, 0.1) is 0 Å². The van der Waals surface area contributed by atoms with Crippen LogP contribution < -0.4 is 10.6 Å². The van der Waals surface area contributed by atoms with Crippen LogP contribution in [0.2, 0.25) is 0 Å². The van der Waals surface area contributed by atoms with E-state index >= 15 is 0 Å². The second kappa shape index (κ2) is 9.08. The monoisotopic (exact) mass is 452 g/mol. The van der Waals surface area contributed by atoms with E-state index in [1.807, 2.05) is 12.1 Å². The Morgan fingerprint density at radius 2 is 2.12 bits per heavy atom. The molecule has 3 heterocycles. The number of aryl methyl sites for hydroxylation is 2. The number of rotatable bonds is 7. The van der Waals surface area contributed by atoms with Crippen molar-refractivity contribution in [2.24, 2.45) is 0 Å². The van der Waals surface area contributed by atoms with Crippen LogP contribution in [0.4, 0.5) is 5.00 Å². The maximum atomic E-state index is 13.1. The van der Waals surface area contributed by atoms with Crippen LogP contribution in [0.1, 0.15) is 58.1 Å². The molecule has 2 amide bonds. The number of nitrogens with one attached hydrogen (secondary N) is 2. The van der Waals surface area contributed by atoms with Gasteiger partial charge in [0.1, 0.15) is 10.6 Å². The molecule has 0 unspecified atom stereocenters. The van der Waals surface area contributed by atoms with Crippen molar-refractivity contribution in [3.8, 4) is 0 Å². The average Bonchev–Trinajstić information content (AvgIpc) is 3.57. The number of hydrogen-bond acceptors (Lipinski definition) is 5. The molecule has 0 spiro atoms. The van der Waals surface area contributed by atoms with E-state index in [1.165, 1.54) is 21.8 Å². The highest BCUT2D eigenvalue weighted by Gasteiger charge is 2.28. The van der Waals surface area contributed by atoms with Gasteiger partial charge < -0.3 is 19.8 Å². The zero-order valence-corrected chi connectivity index (χ0v) is 19.1. The van der Waals surface area contributed by atoms with Gasteiger partial charge >= 0.3 is 0 Å². The van der Waals surface area contributed by atoms with Crippen LogP contribution in [-0.4, -0.2) is 31.1 Å². The number of anilines is 1. The Labute approximate surface area is 191 Å². The minimum atomic E-state index is -0.136. The summed E-state index contributed by atoms with van der Waals surface area (Å²) < 4.78 is 11.3. The van der Waals surface area contributed by atoms with E-state index in [1.54, 1.807) is 6.26 Å². The number of benzene rings is 1. The Bertz CT molecular complexity index is 1160. The lowest BCUT2D eigenvalue weighted by molar-refractivity contribution is -0.115. The zero-order chi connectivity index (χ0) is 22.1. The van der Waals surface area contributed by atoms with Gasteiger partial charge in [-0.2, -0.15) is 0 Å². The van der Waals surface area contributed by atoms with Crippen molar-refractivity contribution in [1.82, 2.24) is 5.32 Å². The molecule has 168 valence electrons. The van der Waals surface area contributed by atoms with Gasteiger partial charge in [-0.3, -0.25) is 9.59 Å². The fourth-order valence-corrected chi connectivity index (χ4v) is 5.97. The lowest BCUT2D eigenvalue weighted by atomic mass is 10.1. The first-order chi connectivity index (χ1) is 15.6. The van der Waals surface area contributed by atoms with Crippen LogP contribution >= 0.6 is 11.3 Å². The molecule has 1 aliphatic heterocycles. The molecule has 7 heteroatoms. The maximum absolute atomic E-state index is 13.1. The van der Waals surface area contributed by atoms with Gasteiger partial charge in [-0.1, -0.05) is 13.0 Å². The summed E-state index contributed by atoms with van der Waals surface area (Å²) in [7, 11) is 0. The molecule has 5 rings (SSSR count). The van der Waals surface area contributed by atoms with Gasteiger partial charge in [0.05, 0.1) is 24.4 Å². The van der Waals surface area contributed by atoms with Gasteiger partial charge in [0.2, 0.25) is 5.91 Å². The minimum Gasteiger partial charge on any atom is -0.464 e. The standard InChI is InChI=1S/C25H28N2O4S/c1-2-15-8-9-20-19(11-15)16(14-31-20)12-22(28)27-25-23(18-6-3-7-21(18)32-25)24(29)26-13-17-5-4-10-30-17/h8-9,11,14,17H,2-7,10,12-13H2,1H3,(H,26,29)(H,27,28)/t17-/m0/s1. The smallest absolute Gasteiger partial charge is 0.254 e. The normalized spacial score (nSPS) is 17.6. The van der Waals surface area contributed by atoms with E-state index in [0.717, 1.165) is 67.2 Å². The zero-order valence-electron chi connectivity index (χ0n) is 18.3. The Morgan fingerprint density at radius 3 is 2.94 bits per heavy atom. The molecule has 2 aromatic heterocycles. The summed E-state index contributed by atoms with van der Waals surface area (Å²) in [6, 6.07) is 6.09. The van der Waals surface area contributed by atoms with Crippen molar-refractivity contribution < 1.29 is 18.7 Å². The summed E-state index contributed by atoms with van der Waals surface area (Å²) in [5.74, 6) is -0.251. The van der Waals surface area contributed by atoms with E-state index in [9.17, 15) is 9.59 Å². The number of carbonyl (C=O) groups excluding carboxylic acids is 2. The van der Waals surface area contributed by atoms with Crippen molar-refractivity contribution in [1.29, 1.82) is 0 Å². The van der Waals surface area contributed by atoms with Crippen LogP contribution in [0.25, 0.3) is 11.0 Å². The molecule has 0 radical (unpaired) electrons. The molecule has 2 N–H and O–H groups in total. The molecular weight excluding hydrogens is 424 g/mol. The lowest BCUT2D eigenvalue weighted by Gasteiger charge is -2.12. The Hall–Kier alpha value is -2.64. The molecule has 3 aromatic rings. The first kappa shape index (κ1) is 21.2. The quantitative estimate of drug-likeness (QED) is 0.547. The highest BCUT2D eigenvalue weighted by Crippen LogP contribution is 2.39. The van der Waals surface area contributed by atoms with Crippen LogP contribution in [-0.2, 0) is 35.2 Å². The van der Waals surface area contributed by atoms with Gasteiger partial charge in [-0.15, -0.1) is 11.3 Å². The molecule has 0 bridgehead atoms. The molecule has 0 saturated carbocycles. The predicted molar refractivity (Wildman–Crippen MR) is 126 cm³/mol. The third kappa shape index (κ3) is 4.19. The van der Waals surface area contributed by atoms with Crippen molar-refractivity contribution in [3.63, 3.8) is 0 Å². The van der Waals surface area contributed by atoms with Crippen LogP contribution in [0.15, 0.2) is 28.9 Å². The van der Waals surface area contributed by atoms with Gasteiger partial charge in [0.25, 0.3) is 5.91 Å². The second-order valence-corrected chi connectivity index (χ2v) is 9.68. The number of fused-ring (bicyclic) bond motifs is 2. The van der Waals surface area contributed by atoms with Gasteiger partial charge in [-0.05, 0) is 61.8 Å². The first-order valence-corrected chi connectivity index (χ1v) is 12.3. The summed E-state index contributed by atoms with van der Waals surface area (Å²) in [5.41, 5.74) is 4.59. The number of carbonyl (C=O) groups is 2. The van der Waals surface area contributed by atoms with E-state index in [0.29, 0.717) is 17.1 Å². The first-order valence-electron chi connectivity index (χ1n) is 11.5. The predicted octanol–water partition coefficient (Wildman–Crippen LogP) is 4.64. The fourth-order valence-electron chi connectivity index (χ4n) is 4.66. The minimum absolute atomic E-state index is 0.0889. The Kier molecular flexibility index (Phi) is 6.02. The Balaban J connectivity index is 1.32. The molecule has 2 aliphatic rings. The average molecular weight is 453 g/mol. The van der Waals surface area contributed by atoms with Crippen molar-refractivity contribution in [2.75, 3.05) is 18.5 Å². The SMILES string of the molecule is CCc1ccc2occ(CC(=O)Nc3sc4c(c3C(=O)NC[C@@H]3CCCO3)CCC4)c2c1. The second-order valence-electron chi connectivity index (χ2n) is 8.58. The maximum Gasteiger partial charge on any atom is 0.254 e. The molecule has 1 aliphatic carbocycles. The summed E-state index contributed by atoms with van der Waals surface area (Å²) in [5, 5.41) is 7.69. The summed E-state index contributed by atoms with van der Waals surface area (Å²) in [4.78, 5) is 27.2. The summed E-state index contributed by atoms with van der Waals surface area (Å²) >= 11 is 1.54. The van der Waals surface area contributed by atoms with Crippen molar-refractivity contribution in [3.05, 3.63) is 51.6 Å². The molecule has 1 saturated heterocycles. The largest absolute Gasteiger partial charge is 0.464 e. The number of amides is 2. The third-order valence-electron chi connectivity index (χ3n) is 6.39. The molecule has 1 atom stereocenters. The van der Waals surface area contributed by atoms with E-state index in [2.05, 4.69) is 23.6 Å². The van der Waals surface area contributed by atoms with E-state index in [4.69, 9.17) is 9.15 Å². The molecule has 32 heavy (non-hydrogen) atoms. The van der Waals surface area contributed by atoms with Crippen molar-refractivity contribution in [2.45, 2.75) is 58.0 Å². The van der Waals surface area contributed by atoms with E-state index in [-0.39, 0.29) is 24.3 Å². The number of hydrogen-bond donors (Lipinski definition) is 2. The Morgan fingerprint density at radius 1 is 1.22 bits per heavy atom. The number of furan rings is 1.